The first-order valence-corrected chi connectivity index (χ1v) is 7.20. The van der Waals surface area contributed by atoms with Gasteiger partial charge < -0.3 is 15.2 Å². The molecule has 0 aliphatic heterocycles. The van der Waals surface area contributed by atoms with Gasteiger partial charge in [-0.25, -0.2) is 4.98 Å². The molecule has 0 atom stereocenters. The highest BCUT2D eigenvalue weighted by Crippen LogP contribution is 2.18. The first-order chi connectivity index (χ1) is 10.0. The minimum Gasteiger partial charge on any atom is -0.398 e. The third kappa shape index (κ3) is 3.24. The van der Waals surface area contributed by atoms with E-state index in [2.05, 4.69) is 4.98 Å². The fraction of sp³-hybridized carbons (Fsp3) is 0.375. The largest absolute Gasteiger partial charge is 0.398 e. The van der Waals surface area contributed by atoms with Crippen LogP contribution < -0.4 is 16.2 Å². The molecule has 5 heteroatoms. The van der Waals surface area contributed by atoms with E-state index in [1.54, 1.807) is 17.0 Å². The van der Waals surface area contributed by atoms with Gasteiger partial charge in [0.15, 0.2) is 5.82 Å². The van der Waals surface area contributed by atoms with Crippen molar-refractivity contribution >= 4 is 11.5 Å². The Hall–Kier alpha value is -2.30. The molecule has 0 saturated heterocycles. The van der Waals surface area contributed by atoms with Gasteiger partial charge in [-0.3, -0.25) is 4.79 Å². The summed E-state index contributed by atoms with van der Waals surface area (Å²) in [4.78, 5) is 18.7. The van der Waals surface area contributed by atoms with E-state index in [-0.39, 0.29) is 11.6 Å². The fourth-order valence-corrected chi connectivity index (χ4v) is 2.25. The van der Waals surface area contributed by atoms with Gasteiger partial charge in [-0.15, -0.1) is 0 Å². The van der Waals surface area contributed by atoms with Crippen LogP contribution in [0.15, 0.2) is 41.5 Å². The summed E-state index contributed by atoms with van der Waals surface area (Å²) in [5, 5.41) is 0. The number of hydrogen-bond donors (Lipinski definition) is 1. The van der Waals surface area contributed by atoms with Crippen molar-refractivity contribution in [1.29, 1.82) is 0 Å². The molecule has 5 nitrogen and oxygen atoms in total. The van der Waals surface area contributed by atoms with E-state index in [1.807, 2.05) is 49.9 Å². The number of para-hydroxylation sites is 1. The van der Waals surface area contributed by atoms with Crippen LogP contribution in [0.2, 0.25) is 0 Å². The van der Waals surface area contributed by atoms with E-state index in [4.69, 9.17) is 5.73 Å². The Labute approximate surface area is 125 Å². The summed E-state index contributed by atoms with van der Waals surface area (Å²) in [6.07, 6.45) is 3.38. The van der Waals surface area contributed by atoms with Crippen LogP contribution >= 0.6 is 0 Å². The first kappa shape index (κ1) is 15.1. The molecule has 1 aromatic heterocycles. The number of nitrogen functional groups attached to an aromatic ring is 1. The Kier molecular flexibility index (Phi) is 4.62. The molecular weight excluding hydrogens is 264 g/mol. The van der Waals surface area contributed by atoms with Gasteiger partial charge in [0.1, 0.15) is 0 Å². The Balaban J connectivity index is 2.41. The van der Waals surface area contributed by atoms with E-state index in [0.29, 0.717) is 18.9 Å². The summed E-state index contributed by atoms with van der Waals surface area (Å²) in [7, 11) is 0. The Morgan fingerprint density at radius 2 is 2.05 bits per heavy atom. The summed E-state index contributed by atoms with van der Waals surface area (Å²) in [6, 6.07) is 7.86. The monoisotopic (exact) mass is 286 g/mol. The molecule has 0 bridgehead atoms. The smallest absolute Gasteiger partial charge is 0.293 e. The van der Waals surface area contributed by atoms with Crippen molar-refractivity contribution in [2.75, 3.05) is 10.6 Å². The molecule has 0 saturated carbocycles. The highest BCUT2D eigenvalue weighted by atomic mass is 16.1. The zero-order chi connectivity index (χ0) is 15.4. The van der Waals surface area contributed by atoms with Gasteiger partial charge >= 0.3 is 0 Å². The number of anilines is 2. The number of aryl methyl sites for hydroxylation is 1. The molecule has 1 aromatic carbocycles. The predicted octanol–water partition coefficient (Wildman–Crippen LogP) is 2.26. The van der Waals surface area contributed by atoms with Crippen molar-refractivity contribution in [3.8, 4) is 0 Å². The Morgan fingerprint density at radius 3 is 2.67 bits per heavy atom. The van der Waals surface area contributed by atoms with Crippen LogP contribution in [-0.4, -0.2) is 15.6 Å². The van der Waals surface area contributed by atoms with Crippen molar-refractivity contribution < 1.29 is 0 Å². The molecule has 0 amide bonds. The molecular formula is C16H22N4O. The van der Waals surface area contributed by atoms with Crippen LogP contribution in [0.5, 0.6) is 0 Å². The van der Waals surface area contributed by atoms with Gasteiger partial charge in [-0.1, -0.05) is 18.2 Å². The Bertz CT molecular complexity index is 663. The van der Waals surface area contributed by atoms with E-state index in [0.717, 1.165) is 11.3 Å². The molecule has 21 heavy (non-hydrogen) atoms. The van der Waals surface area contributed by atoms with E-state index in [9.17, 15) is 4.79 Å². The number of nitrogens with two attached hydrogens (primary N) is 1. The maximum atomic E-state index is 12.4. The molecule has 0 spiro atoms. The van der Waals surface area contributed by atoms with Gasteiger partial charge in [-0.2, -0.15) is 0 Å². The van der Waals surface area contributed by atoms with Crippen LogP contribution in [0, 0.1) is 0 Å². The van der Waals surface area contributed by atoms with E-state index in [1.165, 1.54) is 0 Å². The first-order valence-electron chi connectivity index (χ1n) is 7.20. The van der Waals surface area contributed by atoms with Gasteiger partial charge in [0.2, 0.25) is 0 Å². The van der Waals surface area contributed by atoms with Gasteiger partial charge in [-0.05, 0) is 32.4 Å². The minimum absolute atomic E-state index is 0.0665. The fourth-order valence-electron chi connectivity index (χ4n) is 2.25. The lowest BCUT2D eigenvalue weighted by atomic mass is 10.1. The van der Waals surface area contributed by atoms with E-state index < -0.39 is 0 Å². The van der Waals surface area contributed by atoms with Crippen molar-refractivity contribution in [2.24, 2.45) is 0 Å². The lowest BCUT2D eigenvalue weighted by Gasteiger charge is -2.28. The SMILES string of the molecule is CCn1ccnc(N(Cc2ccccc2N)C(C)C)c1=O. The van der Waals surface area contributed by atoms with Crippen molar-refractivity contribution in [2.45, 2.75) is 39.9 Å². The normalized spacial score (nSPS) is 10.9. The second kappa shape index (κ2) is 6.43. The highest BCUT2D eigenvalue weighted by molar-refractivity contribution is 5.49. The second-order valence-electron chi connectivity index (χ2n) is 5.26. The van der Waals surface area contributed by atoms with Crippen LogP contribution in [0.3, 0.4) is 0 Å². The Morgan fingerprint density at radius 1 is 1.33 bits per heavy atom. The van der Waals surface area contributed by atoms with E-state index >= 15 is 0 Å². The average Bonchev–Trinajstić information content (AvgIpc) is 2.47. The highest BCUT2D eigenvalue weighted by Gasteiger charge is 2.17. The third-order valence-corrected chi connectivity index (χ3v) is 3.53. The number of hydrogen-bond acceptors (Lipinski definition) is 4. The van der Waals surface area contributed by atoms with Crippen LogP contribution in [0.4, 0.5) is 11.5 Å². The van der Waals surface area contributed by atoms with Crippen molar-refractivity contribution in [3.63, 3.8) is 0 Å². The lowest BCUT2D eigenvalue weighted by molar-refractivity contribution is 0.646. The van der Waals surface area contributed by atoms with Crippen LogP contribution in [0.25, 0.3) is 0 Å². The quantitative estimate of drug-likeness (QED) is 0.856. The molecule has 2 N–H and O–H groups in total. The van der Waals surface area contributed by atoms with Crippen LogP contribution in [-0.2, 0) is 13.1 Å². The number of nitrogens with zero attached hydrogens (tertiary/aromatic N) is 3. The summed E-state index contributed by atoms with van der Waals surface area (Å²) < 4.78 is 1.66. The number of aromatic nitrogens is 2. The zero-order valence-electron chi connectivity index (χ0n) is 12.8. The lowest BCUT2D eigenvalue weighted by Crippen LogP contribution is -2.37. The van der Waals surface area contributed by atoms with Gasteiger partial charge in [0.05, 0.1) is 0 Å². The van der Waals surface area contributed by atoms with Gasteiger partial charge in [0.25, 0.3) is 5.56 Å². The van der Waals surface area contributed by atoms with Crippen molar-refractivity contribution in [1.82, 2.24) is 9.55 Å². The third-order valence-electron chi connectivity index (χ3n) is 3.53. The topological polar surface area (TPSA) is 64.2 Å². The molecule has 0 unspecified atom stereocenters. The molecule has 0 aliphatic rings. The van der Waals surface area contributed by atoms with Crippen molar-refractivity contribution in [3.05, 3.63) is 52.6 Å². The molecule has 0 fully saturated rings. The summed E-state index contributed by atoms with van der Waals surface area (Å²) in [5.41, 5.74) is 7.68. The summed E-state index contributed by atoms with van der Waals surface area (Å²) in [5.74, 6) is 0.470. The minimum atomic E-state index is -0.0665. The predicted molar refractivity (Wildman–Crippen MR) is 86.3 cm³/mol. The molecule has 1 heterocycles. The maximum absolute atomic E-state index is 12.4. The maximum Gasteiger partial charge on any atom is 0.293 e. The number of rotatable bonds is 5. The molecule has 112 valence electrons. The molecule has 0 radical (unpaired) electrons. The molecule has 0 aliphatic carbocycles. The summed E-state index contributed by atoms with van der Waals surface area (Å²) >= 11 is 0. The zero-order valence-corrected chi connectivity index (χ0v) is 12.8. The molecule has 2 aromatic rings. The standard InChI is InChI=1S/C16H22N4O/c1-4-19-10-9-18-15(16(19)21)20(12(2)3)11-13-7-5-6-8-14(13)17/h5-10,12H,4,11,17H2,1-3H3. The average molecular weight is 286 g/mol. The van der Waals surface area contributed by atoms with Crippen LogP contribution in [0.1, 0.15) is 26.3 Å². The van der Waals surface area contributed by atoms with Gasteiger partial charge in [0, 0.05) is 37.2 Å². The second-order valence-corrected chi connectivity index (χ2v) is 5.26. The summed E-state index contributed by atoms with van der Waals surface area (Å²) in [6.45, 7) is 7.24. The number of benzene rings is 1. The molecule has 2 rings (SSSR count).